The Hall–Kier alpha value is -1.77. The molecule has 0 aliphatic carbocycles. The molecule has 1 rings (SSSR count). The highest BCUT2D eigenvalue weighted by Crippen LogP contribution is 2.24. The van der Waals surface area contributed by atoms with Crippen LogP contribution in [0.15, 0.2) is 29.8 Å². The molecule has 1 aromatic rings. The van der Waals surface area contributed by atoms with Gasteiger partial charge in [0.1, 0.15) is 0 Å². The summed E-state index contributed by atoms with van der Waals surface area (Å²) in [5.74, 6) is 1.01. The third-order valence-corrected chi connectivity index (χ3v) is 1.69. The number of nitrogens with two attached hydrogens (primary N) is 1. The Morgan fingerprint density at radius 2 is 2.23 bits per heavy atom. The fourth-order valence-corrected chi connectivity index (χ4v) is 1.04. The molecule has 0 fully saturated rings. The van der Waals surface area contributed by atoms with Gasteiger partial charge in [0, 0.05) is 0 Å². The van der Waals surface area contributed by atoms with E-state index in [9.17, 15) is 0 Å². The number of rotatable bonds is 3. The highest BCUT2D eigenvalue weighted by molar-refractivity contribution is 5.74. The first-order chi connectivity index (χ1) is 6.20. The van der Waals surface area contributed by atoms with Crippen LogP contribution in [-0.2, 0) is 0 Å². The number of anilines is 1. The second-order valence-electron chi connectivity index (χ2n) is 2.60. The van der Waals surface area contributed by atoms with Crippen LogP contribution in [0.3, 0.4) is 0 Å². The molecule has 0 saturated carbocycles. The topological polar surface area (TPSA) is 52.0 Å². The fourth-order valence-electron chi connectivity index (χ4n) is 1.04. The molecule has 0 aliphatic heterocycles. The van der Waals surface area contributed by atoms with Gasteiger partial charge in [-0.15, -0.1) is 0 Å². The second-order valence-corrected chi connectivity index (χ2v) is 2.60. The summed E-state index contributed by atoms with van der Waals surface area (Å²) in [7, 11) is 0. The van der Waals surface area contributed by atoms with Gasteiger partial charge in [-0.3, -0.25) is 0 Å². The molecule has 0 spiro atoms. The molecule has 0 atom stereocenters. The van der Waals surface area contributed by atoms with E-state index in [0.29, 0.717) is 11.6 Å². The minimum absolute atomic E-state index is 0.363. The summed E-state index contributed by atoms with van der Waals surface area (Å²) in [6, 6.07) is 0. The molecule has 2 N–H and O–H groups in total. The van der Waals surface area contributed by atoms with Gasteiger partial charge in [0.15, 0.2) is 11.6 Å². The Bertz CT molecular complexity index is 361. The van der Waals surface area contributed by atoms with E-state index >= 15 is 0 Å². The second kappa shape index (κ2) is 3.76. The van der Waals surface area contributed by atoms with Gasteiger partial charge in [0.2, 0.25) is 0 Å². The van der Waals surface area contributed by atoms with Crippen molar-refractivity contribution >= 4 is 17.5 Å². The van der Waals surface area contributed by atoms with Crippen molar-refractivity contribution in [2.24, 2.45) is 0 Å². The molecule has 3 heteroatoms. The monoisotopic (exact) mass is 176 g/mol. The Morgan fingerprint density at radius 3 is 2.77 bits per heavy atom. The maximum atomic E-state index is 5.56. The lowest BCUT2D eigenvalue weighted by Gasteiger charge is -1.94. The van der Waals surface area contributed by atoms with Crippen molar-refractivity contribution in [3.63, 3.8) is 0 Å². The summed E-state index contributed by atoms with van der Waals surface area (Å²) in [6.07, 6.45) is 5.13. The predicted molar refractivity (Wildman–Crippen MR) is 54.9 cm³/mol. The van der Waals surface area contributed by atoms with Gasteiger partial charge in [-0.2, -0.15) is 0 Å². The van der Waals surface area contributed by atoms with Crippen molar-refractivity contribution < 1.29 is 4.52 Å². The van der Waals surface area contributed by atoms with E-state index in [-0.39, 0.29) is 0 Å². The van der Waals surface area contributed by atoms with E-state index in [1.165, 1.54) is 0 Å². The molecule has 1 heterocycles. The zero-order valence-corrected chi connectivity index (χ0v) is 7.58. The van der Waals surface area contributed by atoms with Gasteiger partial charge in [-0.05, 0) is 12.5 Å². The van der Waals surface area contributed by atoms with Crippen LogP contribution in [0, 0.1) is 0 Å². The number of hydrogen-bond donors (Lipinski definition) is 1. The summed E-state index contributed by atoms with van der Waals surface area (Å²) in [6.45, 7) is 9.12. The average Bonchev–Trinajstić information content (AvgIpc) is 2.47. The van der Waals surface area contributed by atoms with E-state index in [2.05, 4.69) is 18.3 Å². The molecule has 0 radical (unpaired) electrons. The van der Waals surface area contributed by atoms with Crippen LogP contribution in [0.5, 0.6) is 0 Å². The maximum Gasteiger partial charge on any atom is 0.174 e. The van der Waals surface area contributed by atoms with E-state index < -0.39 is 0 Å². The van der Waals surface area contributed by atoms with Crippen LogP contribution in [0.25, 0.3) is 11.6 Å². The Kier molecular flexibility index (Phi) is 2.69. The molecular formula is C10H12N2O. The highest BCUT2D eigenvalue weighted by atomic mass is 16.5. The van der Waals surface area contributed by atoms with Crippen molar-refractivity contribution in [3.05, 3.63) is 36.6 Å². The summed E-state index contributed by atoms with van der Waals surface area (Å²) >= 11 is 0. The van der Waals surface area contributed by atoms with Crippen LogP contribution in [0.4, 0.5) is 5.82 Å². The van der Waals surface area contributed by atoms with Crippen molar-refractivity contribution in [1.29, 1.82) is 0 Å². The highest BCUT2D eigenvalue weighted by Gasteiger charge is 2.11. The van der Waals surface area contributed by atoms with Crippen molar-refractivity contribution in [3.8, 4) is 0 Å². The summed E-state index contributed by atoms with van der Waals surface area (Å²) in [5, 5.41) is 3.65. The number of nitrogen functional groups attached to an aromatic ring is 1. The van der Waals surface area contributed by atoms with E-state index in [1.54, 1.807) is 12.2 Å². The molecule has 13 heavy (non-hydrogen) atoms. The van der Waals surface area contributed by atoms with Crippen LogP contribution < -0.4 is 5.73 Å². The molecule has 0 amide bonds. The molecule has 0 unspecified atom stereocenters. The number of hydrogen-bond acceptors (Lipinski definition) is 3. The van der Waals surface area contributed by atoms with Crippen LogP contribution in [0.1, 0.15) is 18.2 Å². The van der Waals surface area contributed by atoms with Gasteiger partial charge in [-0.25, -0.2) is 0 Å². The van der Waals surface area contributed by atoms with Gasteiger partial charge in [-0.1, -0.05) is 36.5 Å². The smallest absolute Gasteiger partial charge is 0.174 e. The summed E-state index contributed by atoms with van der Waals surface area (Å²) < 4.78 is 5.04. The van der Waals surface area contributed by atoms with Crippen LogP contribution in [0.2, 0.25) is 0 Å². The molecule has 0 aromatic carbocycles. The maximum absolute atomic E-state index is 5.56. The molecule has 0 bridgehead atoms. The van der Waals surface area contributed by atoms with Gasteiger partial charge >= 0.3 is 0 Å². The number of allylic oxidation sites excluding steroid dienone is 3. The average molecular weight is 176 g/mol. The zero-order chi connectivity index (χ0) is 9.84. The first-order valence-corrected chi connectivity index (χ1v) is 3.88. The standard InChI is InChI=1S/C10H12N2O/c1-4-6-7(3)9-8(5-2)10(11)12-13-9/h4-6H,1-2H2,3H3,(H2,11,12)/b7-6-. The van der Waals surface area contributed by atoms with Crippen molar-refractivity contribution in [2.75, 3.05) is 5.73 Å². The molecule has 68 valence electrons. The lowest BCUT2D eigenvalue weighted by molar-refractivity contribution is 0.413. The Balaban J connectivity index is 3.21. The molecule has 1 aromatic heterocycles. The third-order valence-electron chi connectivity index (χ3n) is 1.69. The fraction of sp³-hybridized carbons (Fsp3) is 0.100. The summed E-state index contributed by atoms with van der Waals surface area (Å²) in [5.41, 5.74) is 7.21. The van der Waals surface area contributed by atoms with E-state index in [0.717, 1.165) is 11.1 Å². The van der Waals surface area contributed by atoms with Crippen LogP contribution >= 0.6 is 0 Å². The van der Waals surface area contributed by atoms with E-state index in [4.69, 9.17) is 10.3 Å². The third kappa shape index (κ3) is 1.69. The van der Waals surface area contributed by atoms with Gasteiger partial charge in [0.05, 0.1) is 5.56 Å². The number of nitrogens with zero attached hydrogens (tertiary/aromatic N) is 1. The minimum atomic E-state index is 0.363. The lowest BCUT2D eigenvalue weighted by atomic mass is 10.1. The van der Waals surface area contributed by atoms with Gasteiger partial charge < -0.3 is 10.3 Å². The predicted octanol–water partition coefficient (Wildman–Crippen LogP) is 2.49. The summed E-state index contributed by atoms with van der Waals surface area (Å²) in [4.78, 5) is 0. The number of aromatic nitrogens is 1. The minimum Gasteiger partial charge on any atom is -0.380 e. The van der Waals surface area contributed by atoms with E-state index in [1.807, 2.05) is 13.0 Å². The van der Waals surface area contributed by atoms with Gasteiger partial charge in [0.25, 0.3) is 0 Å². The first kappa shape index (κ1) is 9.32. The Morgan fingerprint density at radius 1 is 1.54 bits per heavy atom. The molecule has 0 aliphatic rings. The molecular weight excluding hydrogens is 164 g/mol. The quantitative estimate of drug-likeness (QED) is 0.720. The lowest BCUT2D eigenvalue weighted by Crippen LogP contribution is -1.87. The molecule has 0 saturated heterocycles. The van der Waals surface area contributed by atoms with Crippen molar-refractivity contribution in [1.82, 2.24) is 5.16 Å². The largest absolute Gasteiger partial charge is 0.380 e. The molecule has 3 nitrogen and oxygen atoms in total. The zero-order valence-electron chi connectivity index (χ0n) is 7.58. The Labute approximate surface area is 77.2 Å². The normalized spacial score (nSPS) is 11.3. The van der Waals surface area contributed by atoms with Crippen molar-refractivity contribution in [2.45, 2.75) is 6.92 Å². The SMILES string of the molecule is C=C/C=C(/C)c1onc(N)c1C=C. The first-order valence-electron chi connectivity index (χ1n) is 3.88. The van der Waals surface area contributed by atoms with Crippen LogP contribution in [-0.4, -0.2) is 5.16 Å².